The van der Waals surface area contributed by atoms with Gasteiger partial charge in [0.2, 0.25) is 0 Å². The molecule has 1 fully saturated rings. The van der Waals surface area contributed by atoms with Gasteiger partial charge in [0.05, 0.1) is 7.11 Å². The van der Waals surface area contributed by atoms with E-state index >= 15 is 0 Å². The van der Waals surface area contributed by atoms with Crippen LogP contribution in [0, 0.1) is 5.92 Å². The zero-order chi connectivity index (χ0) is 16.6. The summed E-state index contributed by atoms with van der Waals surface area (Å²) < 4.78 is 4.83. The first-order chi connectivity index (χ1) is 9.82. The van der Waals surface area contributed by atoms with Gasteiger partial charge in [-0.25, -0.2) is 4.79 Å². The van der Waals surface area contributed by atoms with Crippen molar-refractivity contribution < 1.29 is 9.53 Å². The van der Waals surface area contributed by atoms with E-state index in [0.29, 0.717) is 5.92 Å². The van der Waals surface area contributed by atoms with Crippen LogP contribution in [0.3, 0.4) is 0 Å². The quantitative estimate of drug-likeness (QED) is 0.568. The third-order valence-electron chi connectivity index (χ3n) is 4.96. The number of hydrogen-bond donors (Lipinski definition) is 0. The summed E-state index contributed by atoms with van der Waals surface area (Å²) in [6, 6.07) is 0. The molecule has 0 saturated carbocycles. The molecule has 21 heavy (non-hydrogen) atoms. The second-order valence-corrected chi connectivity index (χ2v) is 6.22. The van der Waals surface area contributed by atoms with Crippen LogP contribution >= 0.6 is 0 Å². The number of carbonyl (C=O) groups is 1. The number of carbonyl (C=O) groups excluding carboxylic acids is 1. The van der Waals surface area contributed by atoms with Crippen molar-refractivity contribution in [1.29, 1.82) is 0 Å². The van der Waals surface area contributed by atoms with Gasteiger partial charge in [-0.1, -0.05) is 32.8 Å². The molecule has 1 saturated heterocycles. The molecule has 0 aromatic rings. The summed E-state index contributed by atoms with van der Waals surface area (Å²) in [4.78, 5) is 14.2. The number of likely N-dealkylation sites (tertiary alicyclic amines) is 1. The van der Waals surface area contributed by atoms with Crippen molar-refractivity contribution in [1.82, 2.24) is 4.90 Å². The maximum atomic E-state index is 11.7. The fourth-order valence-corrected chi connectivity index (χ4v) is 2.91. The average Bonchev–Trinajstić information content (AvgIpc) is 2.54. The lowest BCUT2D eigenvalue weighted by Gasteiger charge is -2.45. The van der Waals surface area contributed by atoms with Crippen LogP contribution in [0.25, 0.3) is 0 Å². The first kappa shape index (κ1) is 20.2. The summed E-state index contributed by atoms with van der Waals surface area (Å²) in [5.41, 5.74) is 1.97. The smallest absolute Gasteiger partial charge is 0.333 e. The maximum Gasteiger partial charge on any atom is 0.333 e. The van der Waals surface area contributed by atoms with Crippen LogP contribution in [0.15, 0.2) is 11.1 Å². The lowest BCUT2D eigenvalue weighted by atomic mass is 9.79. The second-order valence-electron chi connectivity index (χ2n) is 6.22. The summed E-state index contributed by atoms with van der Waals surface area (Å²) >= 11 is 0. The molecule has 0 aromatic heterocycles. The Hall–Kier alpha value is -0.830. The van der Waals surface area contributed by atoms with Crippen molar-refractivity contribution >= 4 is 5.97 Å². The highest BCUT2D eigenvalue weighted by Crippen LogP contribution is 2.33. The van der Waals surface area contributed by atoms with E-state index in [1.165, 1.54) is 39.5 Å². The van der Waals surface area contributed by atoms with Gasteiger partial charge in [-0.15, -0.1) is 0 Å². The van der Waals surface area contributed by atoms with E-state index in [0.717, 1.165) is 11.1 Å². The Balaban J connectivity index is 0.00000191. The first-order valence-corrected chi connectivity index (χ1v) is 8.33. The van der Waals surface area contributed by atoms with Crippen molar-refractivity contribution in [2.24, 2.45) is 5.92 Å². The van der Waals surface area contributed by atoms with Crippen LogP contribution in [-0.2, 0) is 9.53 Å². The number of nitrogens with zero attached hydrogens (tertiary/aromatic N) is 1. The molecule has 0 aliphatic carbocycles. The molecule has 1 unspecified atom stereocenters. The molecule has 1 heterocycles. The lowest BCUT2D eigenvalue weighted by Crippen LogP contribution is -2.51. The summed E-state index contributed by atoms with van der Waals surface area (Å²) in [5, 5.41) is 0. The number of hydrogen-bond acceptors (Lipinski definition) is 3. The summed E-state index contributed by atoms with van der Waals surface area (Å²) in [5.74, 6) is 0.128. The highest BCUT2D eigenvalue weighted by Gasteiger charge is 2.35. The summed E-state index contributed by atoms with van der Waals surface area (Å²) in [6.45, 7) is 17.1. The number of ether oxygens (including phenoxy) is 1. The van der Waals surface area contributed by atoms with Gasteiger partial charge in [-0.2, -0.15) is 0 Å². The van der Waals surface area contributed by atoms with E-state index in [2.05, 4.69) is 32.6 Å². The highest BCUT2D eigenvalue weighted by atomic mass is 16.5. The largest absolute Gasteiger partial charge is 0.466 e. The predicted molar refractivity (Wildman–Crippen MR) is 90.4 cm³/mol. The molecule has 3 nitrogen and oxygen atoms in total. The van der Waals surface area contributed by atoms with E-state index < -0.39 is 0 Å². The Morgan fingerprint density at radius 1 is 1.10 bits per heavy atom. The van der Waals surface area contributed by atoms with E-state index in [1.807, 2.05) is 20.8 Å². The predicted octanol–water partition coefficient (Wildman–Crippen LogP) is 4.42. The summed E-state index contributed by atoms with van der Waals surface area (Å²) in [6.07, 6.45) is 3.92. The third kappa shape index (κ3) is 5.14. The van der Waals surface area contributed by atoms with Gasteiger partial charge < -0.3 is 4.74 Å². The second kappa shape index (κ2) is 9.24. The number of piperidine rings is 1. The van der Waals surface area contributed by atoms with Crippen LogP contribution in [0.4, 0.5) is 0 Å². The molecule has 1 atom stereocenters. The molecule has 0 N–H and O–H groups in total. The molecule has 0 spiro atoms. The molecule has 0 amide bonds. The molecule has 0 aromatic carbocycles. The monoisotopic (exact) mass is 297 g/mol. The fraction of sp³-hybridized carbons (Fsp3) is 0.833. The lowest BCUT2D eigenvalue weighted by molar-refractivity contribution is -0.136. The van der Waals surface area contributed by atoms with Crippen LogP contribution in [0.2, 0.25) is 0 Å². The Labute approximate surface area is 131 Å². The van der Waals surface area contributed by atoms with Gasteiger partial charge in [0.25, 0.3) is 0 Å². The van der Waals surface area contributed by atoms with Crippen LogP contribution in [0.5, 0.6) is 0 Å². The maximum absolute atomic E-state index is 11.7. The topological polar surface area (TPSA) is 29.5 Å². The molecule has 1 aliphatic rings. The van der Waals surface area contributed by atoms with Gasteiger partial charge >= 0.3 is 5.97 Å². The van der Waals surface area contributed by atoms with Gasteiger partial charge in [0.1, 0.15) is 0 Å². The standard InChI is InChI=1S/C16H29NO2.C2H6/c1-12(13(2)15(18)19-6)14(3)16(4,5)17-10-8-7-9-11-17;1-2/h14H,7-11H2,1-6H3;1-2H3/b13-12+;. The number of methoxy groups -OCH3 is 1. The van der Waals surface area contributed by atoms with Crippen LogP contribution < -0.4 is 0 Å². The third-order valence-corrected chi connectivity index (χ3v) is 4.96. The van der Waals surface area contributed by atoms with Gasteiger partial charge in [-0.3, -0.25) is 4.90 Å². The van der Waals surface area contributed by atoms with E-state index in [-0.39, 0.29) is 11.5 Å². The van der Waals surface area contributed by atoms with Crippen LogP contribution in [0.1, 0.15) is 67.7 Å². The first-order valence-electron chi connectivity index (χ1n) is 8.33. The normalized spacial score (nSPS) is 19.0. The van der Waals surface area contributed by atoms with E-state index in [4.69, 9.17) is 4.74 Å². The summed E-state index contributed by atoms with van der Waals surface area (Å²) in [7, 11) is 1.44. The van der Waals surface area contributed by atoms with E-state index in [1.54, 1.807) is 0 Å². The molecule has 1 aliphatic heterocycles. The molecule has 124 valence electrons. The van der Waals surface area contributed by atoms with Crippen molar-refractivity contribution in [2.75, 3.05) is 20.2 Å². The molecular formula is C18H35NO2. The van der Waals surface area contributed by atoms with Crippen molar-refractivity contribution in [3.63, 3.8) is 0 Å². The van der Waals surface area contributed by atoms with E-state index in [9.17, 15) is 4.79 Å². The van der Waals surface area contributed by atoms with Gasteiger partial charge in [0.15, 0.2) is 0 Å². The highest BCUT2D eigenvalue weighted by molar-refractivity contribution is 5.88. The molecular weight excluding hydrogens is 262 g/mol. The van der Waals surface area contributed by atoms with Crippen LogP contribution in [-0.4, -0.2) is 36.6 Å². The molecule has 0 radical (unpaired) electrons. The molecule has 1 rings (SSSR count). The van der Waals surface area contributed by atoms with Gasteiger partial charge in [-0.05, 0) is 59.5 Å². The molecule has 3 heteroatoms. The minimum absolute atomic E-state index is 0.0831. The zero-order valence-electron chi connectivity index (χ0n) is 15.4. The zero-order valence-corrected chi connectivity index (χ0v) is 15.4. The Morgan fingerprint density at radius 2 is 1.57 bits per heavy atom. The number of rotatable bonds is 4. The Bertz CT molecular complexity index is 352. The SMILES string of the molecule is CC.COC(=O)/C(C)=C(\C)C(C)C(C)(C)N1CCCCC1. The molecule has 0 bridgehead atoms. The Morgan fingerprint density at radius 3 is 2.00 bits per heavy atom. The van der Waals surface area contributed by atoms with Gasteiger partial charge in [0, 0.05) is 11.1 Å². The number of esters is 1. The Kier molecular flexibility index (Phi) is 8.88. The average molecular weight is 297 g/mol. The van der Waals surface area contributed by atoms with Crippen molar-refractivity contribution in [3.05, 3.63) is 11.1 Å². The minimum Gasteiger partial charge on any atom is -0.466 e. The van der Waals surface area contributed by atoms with Crippen molar-refractivity contribution in [2.45, 2.75) is 73.3 Å². The minimum atomic E-state index is -0.209. The van der Waals surface area contributed by atoms with Crippen molar-refractivity contribution in [3.8, 4) is 0 Å². The fourth-order valence-electron chi connectivity index (χ4n) is 2.91.